The minimum Gasteiger partial charge on any atom is -0.512 e. The average molecular weight is 2710 g/mol. The maximum absolute atomic E-state index is 14.2. The second-order valence-corrected chi connectivity index (χ2v) is 39.0. The van der Waals surface area contributed by atoms with Gasteiger partial charge in [0.15, 0.2) is 23.1 Å². The van der Waals surface area contributed by atoms with Crippen molar-refractivity contribution in [3.63, 3.8) is 0 Å². The molecular weight excluding hydrogens is 2580 g/mol. The van der Waals surface area contributed by atoms with Crippen LogP contribution in [-0.4, -0.2) is 63.5 Å². The van der Waals surface area contributed by atoms with E-state index in [1.807, 2.05) is 300 Å². The van der Waals surface area contributed by atoms with Crippen LogP contribution in [0, 0.1) is 102 Å². The Morgan fingerprint density at radius 3 is 0.906 bits per heavy atom. The summed E-state index contributed by atoms with van der Waals surface area (Å²) in [6, 6.07) is 110. The minimum atomic E-state index is -0.609. The first-order chi connectivity index (χ1) is 69.3. The van der Waals surface area contributed by atoms with Crippen molar-refractivity contribution >= 4 is 66.7 Å². The predicted molar refractivity (Wildman–Crippen MR) is 589 cm³/mol. The molecule has 4 aromatic heterocycles. The van der Waals surface area contributed by atoms with Crippen LogP contribution in [0.15, 0.2) is 357 Å². The molecule has 0 aliphatic carbocycles. The van der Waals surface area contributed by atoms with E-state index in [1.165, 1.54) is 59.0 Å². The van der Waals surface area contributed by atoms with Crippen LogP contribution in [0.5, 0.6) is 0 Å². The number of pyridine rings is 4. The molecule has 786 valence electrons. The third kappa shape index (κ3) is 43.5. The van der Waals surface area contributed by atoms with Crippen molar-refractivity contribution in [3.8, 4) is 89.5 Å². The summed E-state index contributed by atoms with van der Waals surface area (Å²) in [7, 11) is 0. The molecule has 4 radical (unpaired) electrons. The molecule has 0 atom stereocenters. The van der Waals surface area contributed by atoms with E-state index in [9.17, 15) is 57.2 Å². The van der Waals surface area contributed by atoms with Crippen LogP contribution in [-0.2, 0) is 99.6 Å². The number of aliphatic hydroxyl groups excluding tert-OH is 4. The SMILES string of the molecule is CC(C)CC(=O)C=C(O)CC(C)C.CC(C)CC(=O)C=C(O)CC(C)C.CC(C)CC(=O)C=C(O)CC(C)C.CC(C)CC(=O)C=C(O)CC(C)C.Cc1ccc(F)[c-]c1-c1cc(-c2ccccc2)c2ccccc2n1.Fc1[c-]c(-c2cc(-c3ccccc3)c3ccccc3n2)c(F)cc1.Fc1ccc(-c2cccc3nc(-c4[c-]cccc4)ccc23)cc1.[Ir].[Ir].[Ir].[Ir].[c-]1ccccc1-c1cc(-c2ccccc2)c2ccccc2n1. The maximum atomic E-state index is 14.2. The fourth-order valence-corrected chi connectivity index (χ4v) is 15.7. The van der Waals surface area contributed by atoms with E-state index in [4.69, 9.17) is 15.0 Å². The number of rotatable bonds is 28. The summed E-state index contributed by atoms with van der Waals surface area (Å²) in [6.45, 7) is 34.0. The zero-order valence-electron chi connectivity index (χ0n) is 87.6. The molecule has 0 amide bonds. The standard InChI is InChI=1S/C22H15FN.C21H12F2N.C21H13FN.C21H14N.4C11H20O2.4Ir/c1-15-11-12-17(23)13-19(15)22-14-20(16-7-3-2-4-8-16)18-9-5-6-10-21(18)24-22;22-15-10-11-19(23)18(12-15)21-13-17(14-6-2-1-3-7-14)16-8-4-5-9-20(16)24-21;22-17-11-9-15(10-12-17)18-7-4-8-21-19(18)13-14-20(23-21)16-5-2-1-3-6-16;1-3-9-16(10-4-1)19-15-21(17-11-5-2-6-12-17)22-20-14-8-7-13-18(19)20;4*1-8(2)5-10(12)7-11(13)6-9(3)4;;;;/h2-12,14H,1H3;1-11,13H;1-5,7-14H;1-11,13-15H;4*7-9,12H,5-6H2,1-4H3;;;;/q4*-1;;;;;;;;. The Morgan fingerprint density at radius 1 is 0.275 bits per heavy atom. The van der Waals surface area contributed by atoms with E-state index < -0.39 is 11.6 Å². The van der Waals surface area contributed by atoms with Crippen molar-refractivity contribution in [3.05, 3.63) is 410 Å². The number of aryl methyl sites for hydroxylation is 1. The predicted octanol–water partition coefficient (Wildman–Crippen LogP) is 34.7. The Balaban J connectivity index is 0.000000303. The fourth-order valence-electron chi connectivity index (χ4n) is 15.7. The number of aromatic nitrogens is 4. The molecule has 20 heteroatoms. The van der Waals surface area contributed by atoms with Crippen LogP contribution < -0.4 is 0 Å². The van der Waals surface area contributed by atoms with Crippen LogP contribution in [0.25, 0.3) is 133 Å². The van der Waals surface area contributed by atoms with Gasteiger partial charge in [-0.15, -0.1) is 119 Å². The number of halogens is 4. The second-order valence-electron chi connectivity index (χ2n) is 39.0. The Bertz CT molecular complexity index is 6680. The van der Waals surface area contributed by atoms with Crippen molar-refractivity contribution in [1.82, 2.24) is 19.9 Å². The van der Waals surface area contributed by atoms with Crippen LogP contribution in [0.1, 0.15) is 168 Å². The Morgan fingerprint density at radius 2 is 0.557 bits per heavy atom. The average Bonchev–Trinajstić information content (AvgIpc) is 0.780. The number of benzene rings is 12. The first kappa shape index (κ1) is 127. The van der Waals surface area contributed by atoms with Gasteiger partial charge in [-0.3, -0.25) is 43.5 Å². The minimum absolute atomic E-state index is 0. The molecule has 0 aliphatic heterocycles. The van der Waals surface area contributed by atoms with Crippen molar-refractivity contribution < 1.29 is 138 Å². The first-order valence-corrected chi connectivity index (χ1v) is 49.5. The van der Waals surface area contributed by atoms with Gasteiger partial charge in [-0.25, -0.2) is 13.2 Å². The zero-order chi connectivity index (χ0) is 105. The topological polar surface area (TPSA) is 201 Å². The molecule has 16 aromatic rings. The smallest absolute Gasteiger partial charge is 0.159 e. The number of carbonyl (C=O) groups is 4. The molecule has 4 N–H and O–H groups in total. The molecular formula is C129H134F4Ir4N4O8-4. The van der Waals surface area contributed by atoms with Gasteiger partial charge >= 0.3 is 0 Å². The normalized spacial score (nSPS) is 11.2. The summed E-state index contributed by atoms with van der Waals surface area (Å²) < 4.78 is 54.5. The molecule has 0 unspecified atom stereocenters. The van der Waals surface area contributed by atoms with E-state index in [1.54, 1.807) is 24.3 Å². The Hall–Kier alpha value is -12.6. The van der Waals surface area contributed by atoms with Gasteiger partial charge in [0.1, 0.15) is 5.82 Å². The number of fused-ring (bicyclic) bond motifs is 4. The van der Waals surface area contributed by atoms with E-state index in [-0.39, 0.29) is 144 Å². The summed E-state index contributed by atoms with van der Waals surface area (Å²) in [4.78, 5) is 63.6. The van der Waals surface area contributed by atoms with Crippen LogP contribution in [0.3, 0.4) is 0 Å². The Labute approximate surface area is 932 Å². The number of nitrogens with zero attached hydrogens (tertiary/aromatic N) is 4. The monoisotopic (exact) mass is 2710 g/mol. The van der Waals surface area contributed by atoms with Gasteiger partial charge in [-0.05, 0) is 151 Å². The molecule has 0 spiro atoms. The number of para-hydroxylation sites is 3. The van der Waals surface area contributed by atoms with Crippen molar-refractivity contribution in [2.75, 3.05) is 0 Å². The maximum Gasteiger partial charge on any atom is 0.159 e. The van der Waals surface area contributed by atoms with E-state index in [0.29, 0.717) is 110 Å². The summed E-state index contributed by atoms with van der Waals surface area (Å²) in [5.41, 5.74) is 18.8. The zero-order valence-corrected chi connectivity index (χ0v) is 97.2. The van der Waals surface area contributed by atoms with Crippen LogP contribution >= 0.6 is 0 Å². The summed E-state index contributed by atoms with van der Waals surface area (Å²) in [6.07, 6.45) is 9.86. The van der Waals surface area contributed by atoms with Gasteiger partial charge in [0.05, 0.1) is 45.1 Å². The number of ketones is 4. The van der Waals surface area contributed by atoms with E-state index >= 15 is 0 Å². The quantitative estimate of drug-likeness (QED) is 0.0157. The van der Waals surface area contributed by atoms with Gasteiger partial charge in [-0.2, -0.15) is 0 Å². The summed E-state index contributed by atoms with van der Waals surface area (Å²) >= 11 is 0. The van der Waals surface area contributed by atoms with Gasteiger partial charge in [0.25, 0.3) is 0 Å². The van der Waals surface area contributed by atoms with Crippen molar-refractivity contribution in [1.29, 1.82) is 0 Å². The van der Waals surface area contributed by atoms with Gasteiger partial charge < -0.3 is 20.4 Å². The second kappa shape index (κ2) is 65.4. The summed E-state index contributed by atoms with van der Waals surface area (Å²) in [5.74, 6) is 2.17. The number of allylic oxidation sites excluding steroid dienone is 8. The number of aliphatic hydroxyl groups is 4. The third-order valence-electron chi connectivity index (χ3n) is 22.0. The molecule has 0 bridgehead atoms. The largest absolute Gasteiger partial charge is 0.512 e. The van der Waals surface area contributed by atoms with Gasteiger partial charge in [-0.1, -0.05) is 323 Å². The van der Waals surface area contributed by atoms with Gasteiger partial charge in [0, 0.05) is 195 Å². The molecule has 0 saturated heterocycles. The molecule has 12 nitrogen and oxygen atoms in total. The molecule has 4 heterocycles. The fraction of sp³-hybridized carbons (Fsp3) is 0.256. The molecule has 0 aliphatic rings. The Kier molecular flexibility index (Phi) is 55.7. The molecule has 149 heavy (non-hydrogen) atoms. The number of hydrogen-bond acceptors (Lipinski definition) is 12. The number of carbonyl (C=O) groups excluding carboxylic acids is 4. The van der Waals surface area contributed by atoms with Crippen LogP contribution in [0.4, 0.5) is 17.6 Å². The van der Waals surface area contributed by atoms with Crippen LogP contribution in [0.2, 0.25) is 0 Å². The van der Waals surface area contributed by atoms with Crippen molar-refractivity contribution in [2.45, 2.75) is 169 Å². The van der Waals surface area contributed by atoms with Gasteiger partial charge in [0.2, 0.25) is 0 Å². The number of hydrogen-bond donors (Lipinski definition) is 4. The third-order valence-corrected chi connectivity index (χ3v) is 22.0. The molecule has 0 fully saturated rings. The van der Waals surface area contributed by atoms with E-state index in [2.05, 4.69) is 102 Å². The molecule has 12 aromatic carbocycles. The summed E-state index contributed by atoms with van der Waals surface area (Å²) in [5, 5.41) is 41.6. The first-order valence-electron chi connectivity index (χ1n) is 49.5. The molecule has 16 rings (SSSR count). The van der Waals surface area contributed by atoms with Crippen molar-refractivity contribution in [2.24, 2.45) is 47.3 Å². The van der Waals surface area contributed by atoms with E-state index in [0.717, 1.165) is 118 Å². The molecule has 0 saturated carbocycles.